The minimum absolute atomic E-state index is 0.0966. The molecule has 25 heavy (non-hydrogen) atoms. The van der Waals surface area contributed by atoms with Gasteiger partial charge in [0.25, 0.3) is 5.91 Å². The number of benzene rings is 1. The Morgan fingerprint density at radius 1 is 1.32 bits per heavy atom. The van der Waals surface area contributed by atoms with Crippen molar-refractivity contribution in [1.29, 1.82) is 0 Å². The van der Waals surface area contributed by atoms with E-state index in [-0.39, 0.29) is 23.6 Å². The van der Waals surface area contributed by atoms with Crippen molar-refractivity contribution in [1.82, 2.24) is 24.9 Å². The fourth-order valence-electron chi connectivity index (χ4n) is 2.94. The number of nitrogens with zero attached hydrogens (tertiary/aromatic N) is 4. The number of rotatable bonds is 4. The zero-order valence-corrected chi connectivity index (χ0v) is 14.7. The summed E-state index contributed by atoms with van der Waals surface area (Å²) >= 11 is 6.18. The number of halogens is 1. The fraction of sp³-hybridized carbons (Fsp3) is 0.278. The van der Waals surface area contributed by atoms with Crippen LogP contribution in [0.1, 0.15) is 34.1 Å². The highest BCUT2D eigenvalue weighted by Gasteiger charge is 2.41. The fourth-order valence-corrected chi connectivity index (χ4v) is 3.18. The number of carbonyl (C=O) groups excluding carboxylic acids is 1. The highest BCUT2D eigenvalue weighted by Crippen LogP contribution is 2.41. The smallest absolute Gasteiger partial charge is 0.273 e. The van der Waals surface area contributed by atoms with Crippen LogP contribution in [-0.2, 0) is 7.05 Å². The van der Waals surface area contributed by atoms with Crippen molar-refractivity contribution in [2.45, 2.75) is 25.3 Å². The minimum Gasteiger partial charge on any atom is -0.347 e. The first-order valence-electron chi connectivity index (χ1n) is 8.14. The average molecular weight is 356 g/mol. The lowest BCUT2D eigenvalue weighted by Gasteiger charge is -2.02. The quantitative estimate of drug-likeness (QED) is 0.782. The average Bonchev–Trinajstić information content (AvgIpc) is 3.11. The van der Waals surface area contributed by atoms with Gasteiger partial charge in [-0.1, -0.05) is 29.8 Å². The lowest BCUT2D eigenvalue weighted by molar-refractivity contribution is 0.0944. The summed E-state index contributed by atoms with van der Waals surface area (Å²) in [6.45, 7) is 1.84. The summed E-state index contributed by atoms with van der Waals surface area (Å²) in [5, 5.41) is 12.0. The second kappa shape index (κ2) is 6.04. The van der Waals surface area contributed by atoms with Crippen LogP contribution < -0.4 is 5.32 Å². The predicted molar refractivity (Wildman–Crippen MR) is 95.1 cm³/mol. The minimum atomic E-state index is -0.225. The summed E-state index contributed by atoms with van der Waals surface area (Å²) < 4.78 is 3.47. The second-order valence-electron chi connectivity index (χ2n) is 6.35. The lowest BCUT2D eigenvalue weighted by atomic mass is 10.2. The zero-order valence-electron chi connectivity index (χ0n) is 14.0. The maximum atomic E-state index is 12.4. The van der Waals surface area contributed by atoms with Crippen LogP contribution in [0, 0.1) is 6.92 Å². The molecule has 4 rings (SSSR count). The molecule has 1 aliphatic carbocycles. The molecule has 1 saturated carbocycles. The van der Waals surface area contributed by atoms with Gasteiger partial charge in [-0.2, -0.15) is 10.2 Å². The summed E-state index contributed by atoms with van der Waals surface area (Å²) in [6, 6.07) is 10.1. The van der Waals surface area contributed by atoms with Crippen LogP contribution in [0.3, 0.4) is 0 Å². The molecule has 0 saturated heterocycles. The molecular weight excluding hydrogens is 338 g/mol. The summed E-state index contributed by atoms with van der Waals surface area (Å²) in [7, 11) is 1.77. The third-order valence-electron chi connectivity index (χ3n) is 4.63. The van der Waals surface area contributed by atoms with Gasteiger partial charge < -0.3 is 5.32 Å². The Kier molecular flexibility index (Phi) is 3.84. The maximum Gasteiger partial charge on any atom is 0.273 e. The van der Waals surface area contributed by atoms with Gasteiger partial charge in [-0.25, -0.2) is 4.68 Å². The molecule has 0 spiro atoms. The van der Waals surface area contributed by atoms with Gasteiger partial charge in [0.15, 0.2) is 5.69 Å². The van der Waals surface area contributed by atoms with Crippen molar-refractivity contribution in [3.63, 3.8) is 0 Å². The van der Waals surface area contributed by atoms with Crippen LogP contribution in [0.4, 0.5) is 0 Å². The monoisotopic (exact) mass is 355 g/mol. The molecule has 128 valence electrons. The highest BCUT2D eigenvalue weighted by molar-refractivity contribution is 6.34. The molecule has 0 aliphatic heterocycles. The van der Waals surface area contributed by atoms with E-state index < -0.39 is 0 Å². The number of para-hydroxylation sites is 1. The van der Waals surface area contributed by atoms with Crippen LogP contribution in [0.25, 0.3) is 5.69 Å². The van der Waals surface area contributed by atoms with E-state index in [1.54, 1.807) is 11.7 Å². The van der Waals surface area contributed by atoms with Gasteiger partial charge in [0, 0.05) is 25.2 Å². The first-order valence-corrected chi connectivity index (χ1v) is 8.52. The van der Waals surface area contributed by atoms with E-state index >= 15 is 0 Å². The number of nitrogens with one attached hydrogen (secondary N) is 1. The van der Waals surface area contributed by atoms with Crippen molar-refractivity contribution < 1.29 is 4.79 Å². The molecule has 1 fully saturated rings. The lowest BCUT2D eigenvalue weighted by Crippen LogP contribution is -2.27. The first kappa shape index (κ1) is 15.9. The normalized spacial score (nSPS) is 19.0. The molecule has 7 heteroatoms. The van der Waals surface area contributed by atoms with E-state index in [0.717, 1.165) is 23.4 Å². The Balaban J connectivity index is 1.44. The number of aromatic nitrogens is 4. The van der Waals surface area contributed by atoms with E-state index in [1.165, 1.54) is 0 Å². The number of amides is 1. The van der Waals surface area contributed by atoms with Crippen LogP contribution in [-0.4, -0.2) is 31.5 Å². The first-order chi connectivity index (χ1) is 12.0. The van der Waals surface area contributed by atoms with Crippen molar-refractivity contribution in [3.8, 4) is 5.69 Å². The number of aryl methyl sites for hydroxylation is 1. The van der Waals surface area contributed by atoms with Crippen molar-refractivity contribution in [2.75, 3.05) is 0 Å². The number of hydrogen-bond donors (Lipinski definition) is 1. The largest absolute Gasteiger partial charge is 0.347 e. The van der Waals surface area contributed by atoms with Crippen LogP contribution in [0.5, 0.6) is 0 Å². The summed E-state index contributed by atoms with van der Waals surface area (Å²) in [5.74, 6) is 0.0571. The van der Waals surface area contributed by atoms with Crippen molar-refractivity contribution in [2.24, 2.45) is 7.05 Å². The molecule has 2 atom stereocenters. The Labute approximate surface area is 150 Å². The van der Waals surface area contributed by atoms with Crippen LogP contribution in [0.15, 0.2) is 42.7 Å². The summed E-state index contributed by atoms with van der Waals surface area (Å²) in [6.07, 6.45) is 4.78. The van der Waals surface area contributed by atoms with E-state index in [0.29, 0.717) is 5.02 Å². The molecule has 1 aliphatic rings. The van der Waals surface area contributed by atoms with Crippen LogP contribution >= 0.6 is 11.6 Å². The van der Waals surface area contributed by atoms with Crippen molar-refractivity contribution >= 4 is 17.5 Å². The molecule has 6 nitrogen and oxygen atoms in total. The van der Waals surface area contributed by atoms with Gasteiger partial charge in [-0.05, 0) is 31.0 Å². The van der Waals surface area contributed by atoms with Gasteiger partial charge in [-0.3, -0.25) is 9.48 Å². The second-order valence-corrected chi connectivity index (χ2v) is 6.73. The molecule has 0 radical (unpaired) electrons. The van der Waals surface area contributed by atoms with E-state index in [9.17, 15) is 4.79 Å². The molecular formula is C18H18ClN5O. The molecule has 0 unspecified atom stereocenters. The maximum absolute atomic E-state index is 12.4. The Hall–Kier alpha value is -2.60. The van der Waals surface area contributed by atoms with Gasteiger partial charge in [0.2, 0.25) is 0 Å². The summed E-state index contributed by atoms with van der Waals surface area (Å²) in [4.78, 5) is 12.4. The molecule has 2 heterocycles. The van der Waals surface area contributed by atoms with E-state index in [4.69, 9.17) is 11.6 Å². The molecule has 2 aromatic heterocycles. The zero-order chi connectivity index (χ0) is 17.6. The molecule has 1 N–H and O–H groups in total. The van der Waals surface area contributed by atoms with Gasteiger partial charge >= 0.3 is 0 Å². The third kappa shape index (κ3) is 2.93. The molecule has 1 amide bonds. The van der Waals surface area contributed by atoms with Gasteiger partial charge in [-0.15, -0.1) is 0 Å². The van der Waals surface area contributed by atoms with Gasteiger partial charge in [0.1, 0.15) is 0 Å². The Bertz CT molecular complexity index is 930. The Morgan fingerprint density at radius 2 is 2.08 bits per heavy atom. The molecule has 0 bridgehead atoms. The number of carbonyl (C=O) groups is 1. The number of hydrogen-bond acceptors (Lipinski definition) is 3. The Morgan fingerprint density at radius 3 is 2.76 bits per heavy atom. The van der Waals surface area contributed by atoms with Crippen LogP contribution in [0.2, 0.25) is 5.02 Å². The SMILES string of the molecule is Cc1c(Cl)c(C(=O)N[C@@H]2C[C@H]2c2cnn(-c3ccccc3)c2)nn1C. The highest BCUT2D eigenvalue weighted by atomic mass is 35.5. The van der Waals surface area contributed by atoms with E-state index in [2.05, 4.69) is 15.5 Å². The predicted octanol–water partition coefficient (Wildman–Crippen LogP) is 2.85. The topological polar surface area (TPSA) is 64.7 Å². The third-order valence-corrected chi connectivity index (χ3v) is 5.09. The molecule has 3 aromatic rings. The van der Waals surface area contributed by atoms with E-state index in [1.807, 2.05) is 54.3 Å². The van der Waals surface area contributed by atoms with Gasteiger partial charge in [0.05, 0.1) is 22.6 Å². The van der Waals surface area contributed by atoms with Crippen molar-refractivity contribution in [3.05, 3.63) is 64.7 Å². The standard InChI is InChI=1S/C18H18ClN5O/c1-11-16(19)17(22-23(11)2)18(25)21-15-8-14(15)12-9-20-24(10-12)13-6-4-3-5-7-13/h3-7,9-10,14-15H,8H2,1-2H3,(H,21,25)/t14-,15+/m0/s1. The molecule has 1 aromatic carbocycles. The summed E-state index contributed by atoms with van der Waals surface area (Å²) in [5.41, 5.74) is 3.21.